The Morgan fingerprint density at radius 3 is 1.55 bits per heavy atom. The second-order valence-electron chi connectivity index (χ2n) is 11.1. The normalized spacial score (nSPS) is 13.1. The van der Waals surface area contributed by atoms with Gasteiger partial charge < -0.3 is 37.4 Å². The Morgan fingerprint density at radius 2 is 1.17 bits per heavy atom. The molecule has 2 aliphatic heterocycles. The molecule has 53 heavy (non-hydrogen) atoms. The molecule has 0 aliphatic carbocycles. The van der Waals surface area contributed by atoms with Crippen molar-refractivity contribution in [2.24, 2.45) is 5.92 Å². The maximum Gasteiger partial charge on any atom is 1.00 e. The summed E-state index contributed by atoms with van der Waals surface area (Å²) in [6.45, 7) is 10.3. The number of anilines is 1. The number of hydrogen-bond acceptors (Lipinski definition) is 14. The SMILES string of the molecule is CC(=O)OOC(C)=O.COC(=O)c1cc(Br)cc(CC2CCOCC2)c1C.COC(=O)c1cc(Br)cc(N)c1C.O=C1CCOCC1.[B-]OC(C)=O.[Na+]. The monoisotopic (exact) mass is 880 g/mol. The van der Waals surface area contributed by atoms with E-state index in [4.69, 9.17) is 19.9 Å². The number of Topliss-reactive ketones (excluding diaryl/α,β-unsaturated/α-hetero) is 1. The molecule has 2 fully saturated rings. The summed E-state index contributed by atoms with van der Waals surface area (Å²) in [5.74, 6) is -1.40. The third-order valence-corrected chi connectivity index (χ3v) is 7.96. The van der Waals surface area contributed by atoms with E-state index in [0.717, 1.165) is 66.4 Å². The van der Waals surface area contributed by atoms with Crippen molar-refractivity contribution in [2.45, 2.75) is 66.7 Å². The molecule has 0 spiro atoms. The summed E-state index contributed by atoms with van der Waals surface area (Å²) in [5, 5.41) is 0. The summed E-state index contributed by atoms with van der Waals surface area (Å²) in [6, 6.07) is 7.38. The topological polar surface area (TPSA) is 193 Å². The number of carbonyl (C=O) groups is 6. The summed E-state index contributed by atoms with van der Waals surface area (Å²) < 4.78 is 25.1. The minimum absolute atomic E-state index is 0. The Kier molecular flexibility index (Phi) is 29.2. The minimum atomic E-state index is -0.639. The molecule has 2 aromatic carbocycles. The zero-order valence-corrected chi connectivity index (χ0v) is 36.6. The van der Waals surface area contributed by atoms with Crippen LogP contribution in [0.1, 0.15) is 83.9 Å². The van der Waals surface area contributed by atoms with Gasteiger partial charge >= 0.3 is 53.4 Å². The van der Waals surface area contributed by atoms with Crippen molar-refractivity contribution < 1.29 is 91.7 Å². The summed E-state index contributed by atoms with van der Waals surface area (Å²) in [5.41, 5.74) is 10.4. The molecule has 18 heteroatoms. The van der Waals surface area contributed by atoms with Gasteiger partial charge in [0.2, 0.25) is 5.97 Å². The third-order valence-electron chi connectivity index (χ3n) is 7.05. The summed E-state index contributed by atoms with van der Waals surface area (Å²) in [7, 11) is 7.09. The Labute approximate surface area is 350 Å². The average molecular weight is 882 g/mol. The van der Waals surface area contributed by atoms with Gasteiger partial charge in [-0.1, -0.05) is 31.9 Å². The van der Waals surface area contributed by atoms with Gasteiger partial charge in [-0.05, 0) is 80.0 Å². The van der Waals surface area contributed by atoms with Gasteiger partial charge in [0, 0.05) is 61.5 Å². The Hall–Kier alpha value is -2.80. The summed E-state index contributed by atoms with van der Waals surface area (Å²) in [6.07, 6.45) is 4.44. The Morgan fingerprint density at radius 1 is 0.755 bits per heavy atom. The van der Waals surface area contributed by atoms with E-state index in [2.05, 4.69) is 65.1 Å². The number of halogens is 2. The Balaban J connectivity index is 0. The van der Waals surface area contributed by atoms with Gasteiger partial charge in [0.1, 0.15) is 5.78 Å². The van der Waals surface area contributed by atoms with Gasteiger partial charge in [-0.25, -0.2) is 29.0 Å². The van der Waals surface area contributed by atoms with Crippen LogP contribution in [0.2, 0.25) is 0 Å². The van der Waals surface area contributed by atoms with Crippen molar-refractivity contribution in [3.63, 3.8) is 0 Å². The molecule has 4 rings (SSSR count). The van der Waals surface area contributed by atoms with E-state index in [1.54, 1.807) is 19.1 Å². The molecule has 2 N–H and O–H groups in total. The number of nitrogens with two attached hydrogens (primary N) is 1. The maximum absolute atomic E-state index is 11.8. The number of nitrogen functional groups attached to an aromatic ring is 1. The van der Waals surface area contributed by atoms with Crippen molar-refractivity contribution in [3.8, 4) is 0 Å². The molecule has 0 unspecified atom stereocenters. The van der Waals surface area contributed by atoms with Crippen LogP contribution in [0, 0.1) is 19.8 Å². The fraction of sp³-hybridized carbons (Fsp3) is 0.486. The van der Waals surface area contributed by atoms with E-state index < -0.39 is 17.9 Å². The maximum atomic E-state index is 11.8. The van der Waals surface area contributed by atoms with Crippen LogP contribution in [0.3, 0.4) is 0 Å². The molecule has 287 valence electrons. The first-order chi connectivity index (χ1) is 24.5. The fourth-order valence-corrected chi connectivity index (χ4v) is 5.25. The van der Waals surface area contributed by atoms with Gasteiger partial charge in [-0.3, -0.25) is 9.59 Å². The number of benzene rings is 2. The van der Waals surface area contributed by atoms with Crippen molar-refractivity contribution in [3.05, 3.63) is 61.0 Å². The summed E-state index contributed by atoms with van der Waals surface area (Å²) in [4.78, 5) is 70.2. The molecule has 3 radical (unpaired) electrons. The smallest absolute Gasteiger partial charge is 0.793 e. The van der Waals surface area contributed by atoms with Crippen LogP contribution < -0.4 is 35.3 Å². The number of ether oxygens (including phenoxy) is 4. The molecule has 2 aromatic rings. The van der Waals surface area contributed by atoms with Gasteiger partial charge in [0.15, 0.2) is 0 Å². The number of carbonyl (C=O) groups excluding carboxylic acids is 6. The number of methoxy groups -OCH3 is 2. The first-order valence-electron chi connectivity index (χ1n) is 15.9. The molecular weight excluding hydrogens is 836 g/mol. The van der Waals surface area contributed by atoms with Crippen LogP contribution in [0.25, 0.3) is 0 Å². The number of ketones is 1. The van der Waals surface area contributed by atoms with Crippen LogP contribution in [0.15, 0.2) is 33.2 Å². The molecule has 0 atom stereocenters. The molecule has 14 nitrogen and oxygen atoms in total. The molecule has 2 heterocycles. The second-order valence-corrected chi connectivity index (χ2v) is 12.9. The van der Waals surface area contributed by atoms with Gasteiger partial charge in [0.05, 0.1) is 38.6 Å². The van der Waals surface area contributed by atoms with E-state index in [-0.39, 0.29) is 41.5 Å². The van der Waals surface area contributed by atoms with E-state index in [1.165, 1.54) is 26.7 Å². The molecule has 0 saturated carbocycles. The van der Waals surface area contributed by atoms with E-state index >= 15 is 0 Å². The van der Waals surface area contributed by atoms with Crippen LogP contribution in [-0.4, -0.2) is 84.3 Å². The standard InChI is InChI=1S/C15H19BrO3.C9H10BrNO2.C5H8O2.C4H6O4.C2H3BO2.Na/c1-10-12(7-11-3-5-19-6-4-11)8-13(16)9-14(10)15(17)18-2;1-5-7(9(12)13-2)3-6(10)4-8(5)11;6-5-1-3-7-4-2-5;1-3(5)7-8-4(2)6;1-2(4)5-3;/h8-9,11H,3-7H2,1-2H3;3-4H,11H2,1-2H3;1-4H2;1-2H3;1H3;/q;;;;-1;+1. The minimum Gasteiger partial charge on any atom is -0.793 e. The van der Waals surface area contributed by atoms with Gasteiger partial charge in [-0.15, -0.1) is 0 Å². The van der Waals surface area contributed by atoms with Crippen LogP contribution >= 0.6 is 31.9 Å². The predicted octanol–water partition coefficient (Wildman–Crippen LogP) is 2.67. The van der Waals surface area contributed by atoms with Crippen molar-refractivity contribution in [1.29, 1.82) is 0 Å². The van der Waals surface area contributed by atoms with Crippen molar-refractivity contribution in [1.82, 2.24) is 0 Å². The molecule has 2 aliphatic rings. The first-order valence-corrected chi connectivity index (χ1v) is 17.5. The van der Waals surface area contributed by atoms with Crippen molar-refractivity contribution in [2.75, 3.05) is 46.4 Å². The molecule has 2 saturated heterocycles. The molecule has 0 bridgehead atoms. The predicted molar refractivity (Wildman–Crippen MR) is 198 cm³/mol. The van der Waals surface area contributed by atoms with Gasteiger partial charge in [0.25, 0.3) is 0 Å². The van der Waals surface area contributed by atoms with E-state index in [0.29, 0.717) is 54.6 Å². The second kappa shape index (κ2) is 29.5. The number of hydrogen-bond donors (Lipinski definition) is 1. The van der Waals surface area contributed by atoms with Crippen LogP contribution in [-0.2, 0) is 59.0 Å². The quantitative estimate of drug-likeness (QED) is 0.155. The fourth-order valence-electron chi connectivity index (χ4n) is 4.27. The molecule has 0 aromatic heterocycles. The number of esters is 2. The first kappa shape index (κ1) is 52.3. The summed E-state index contributed by atoms with van der Waals surface area (Å²) >= 11 is 6.73. The van der Waals surface area contributed by atoms with E-state index in [1.807, 2.05) is 13.0 Å². The average Bonchev–Trinajstić information content (AvgIpc) is 3.11. The zero-order chi connectivity index (χ0) is 39.8. The zero-order valence-electron chi connectivity index (χ0n) is 31.5. The van der Waals surface area contributed by atoms with Crippen LogP contribution in [0.4, 0.5) is 5.69 Å². The Bertz CT molecular complexity index is 1480. The third kappa shape index (κ3) is 23.6. The van der Waals surface area contributed by atoms with Gasteiger partial charge in [-0.2, -0.15) is 0 Å². The molecule has 0 amide bonds. The largest absolute Gasteiger partial charge is 1.00 e. The van der Waals surface area contributed by atoms with Crippen molar-refractivity contribution >= 4 is 81.2 Å². The number of rotatable bonds is 4. The molecular formula is C35H46BBr2NNaO13. The van der Waals surface area contributed by atoms with E-state index in [9.17, 15) is 28.8 Å². The van der Waals surface area contributed by atoms with Crippen LogP contribution in [0.5, 0.6) is 0 Å².